The molecule has 0 aromatic rings. The molecule has 86 valence electrons. The average molecular weight is 215 g/mol. The molecule has 0 aromatic heterocycles. The second kappa shape index (κ2) is 8.21. The van der Waals surface area contributed by atoms with Crippen LogP contribution in [0.2, 0.25) is 0 Å². The molecule has 0 radical (unpaired) electrons. The molecule has 0 aliphatic carbocycles. The first-order chi connectivity index (χ1) is 7.15. The lowest BCUT2D eigenvalue weighted by atomic mass is 10.0. The Balaban J connectivity index is 3.98. The highest BCUT2D eigenvalue weighted by atomic mass is 16.5. The molecular formula is C10H17NO4. The topological polar surface area (TPSA) is 79.5 Å². The van der Waals surface area contributed by atoms with E-state index in [0.29, 0.717) is 6.61 Å². The molecule has 0 saturated heterocycles. The zero-order chi connectivity index (χ0) is 11.7. The standard InChI is InChI=1S/C10H17NO4/c1-3-14-7-9(12)5-8(6-11)10(13)15-4-2/h8-9,12H,3-5,7H2,1-2H3. The van der Waals surface area contributed by atoms with Crippen molar-refractivity contribution in [2.24, 2.45) is 5.92 Å². The predicted octanol–water partition coefficient (Wildman–Crippen LogP) is 0.477. The van der Waals surface area contributed by atoms with Crippen LogP contribution >= 0.6 is 0 Å². The largest absolute Gasteiger partial charge is 0.465 e. The van der Waals surface area contributed by atoms with Gasteiger partial charge >= 0.3 is 5.97 Å². The first-order valence-corrected chi connectivity index (χ1v) is 4.97. The summed E-state index contributed by atoms with van der Waals surface area (Å²) >= 11 is 0. The second-order valence-corrected chi connectivity index (χ2v) is 2.98. The molecule has 0 aliphatic heterocycles. The second-order valence-electron chi connectivity index (χ2n) is 2.98. The van der Waals surface area contributed by atoms with Gasteiger partial charge in [0.1, 0.15) is 5.92 Å². The Bertz CT molecular complexity index is 224. The van der Waals surface area contributed by atoms with E-state index in [2.05, 4.69) is 4.74 Å². The minimum absolute atomic E-state index is 0.0509. The van der Waals surface area contributed by atoms with Crippen LogP contribution in [0.4, 0.5) is 0 Å². The van der Waals surface area contributed by atoms with E-state index in [1.807, 2.05) is 0 Å². The summed E-state index contributed by atoms with van der Waals surface area (Å²) in [5.41, 5.74) is 0. The van der Waals surface area contributed by atoms with Gasteiger partial charge in [-0.05, 0) is 13.8 Å². The van der Waals surface area contributed by atoms with Crippen LogP contribution in [0.1, 0.15) is 20.3 Å². The molecule has 0 aromatic carbocycles. The quantitative estimate of drug-likeness (QED) is 0.625. The molecule has 5 heteroatoms. The third-order valence-electron chi connectivity index (χ3n) is 1.75. The van der Waals surface area contributed by atoms with E-state index in [4.69, 9.17) is 10.00 Å². The van der Waals surface area contributed by atoms with E-state index in [9.17, 15) is 9.90 Å². The van der Waals surface area contributed by atoms with Gasteiger partial charge in [0.2, 0.25) is 0 Å². The van der Waals surface area contributed by atoms with Gasteiger partial charge in [-0.15, -0.1) is 0 Å². The zero-order valence-electron chi connectivity index (χ0n) is 9.10. The molecule has 15 heavy (non-hydrogen) atoms. The number of aliphatic hydroxyl groups is 1. The van der Waals surface area contributed by atoms with Gasteiger partial charge in [-0.3, -0.25) is 4.79 Å². The minimum Gasteiger partial charge on any atom is -0.465 e. The van der Waals surface area contributed by atoms with Crippen molar-refractivity contribution in [1.82, 2.24) is 0 Å². The molecular weight excluding hydrogens is 198 g/mol. The van der Waals surface area contributed by atoms with Crippen molar-refractivity contribution in [1.29, 1.82) is 5.26 Å². The van der Waals surface area contributed by atoms with Gasteiger partial charge in [-0.2, -0.15) is 5.26 Å². The summed E-state index contributed by atoms with van der Waals surface area (Å²) in [6.45, 7) is 4.34. The smallest absolute Gasteiger partial charge is 0.323 e. The van der Waals surface area contributed by atoms with E-state index in [0.717, 1.165) is 0 Å². The number of aliphatic hydroxyl groups excluding tert-OH is 1. The number of ether oxygens (including phenoxy) is 2. The van der Waals surface area contributed by atoms with Gasteiger partial charge in [0.25, 0.3) is 0 Å². The summed E-state index contributed by atoms with van der Waals surface area (Å²) in [4.78, 5) is 11.2. The summed E-state index contributed by atoms with van der Waals surface area (Å²) in [7, 11) is 0. The van der Waals surface area contributed by atoms with Crippen molar-refractivity contribution >= 4 is 5.97 Å². The Kier molecular flexibility index (Phi) is 7.60. The maximum absolute atomic E-state index is 11.2. The van der Waals surface area contributed by atoms with Gasteiger partial charge in [0, 0.05) is 13.0 Å². The molecule has 0 heterocycles. The lowest BCUT2D eigenvalue weighted by molar-refractivity contribution is -0.147. The van der Waals surface area contributed by atoms with Crippen LogP contribution in [0.15, 0.2) is 0 Å². The maximum atomic E-state index is 11.2. The van der Waals surface area contributed by atoms with Crippen LogP contribution in [0.3, 0.4) is 0 Å². The van der Waals surface area contributed by atoms with Crippen molar-refractivity contribution in [2.75, 3.05) is 19.8 Å². The lowest BCUT2D eigenvalue weighted by Gasteiger charge is -2.13. The highest BCUT2D eigenvalue weighted by molar-refractivity contribution is 5.75. The van der Waals surface area contributed by atoms with Gasteiger partial charge in [-0.1, -0.05) is 0 Å². The highest BCUT2D eigenvalue weighted by Gasteiger charge is 2.22. The van der Waals surface area contributed by atoms with Gasteiger partial charge in [-0.25, -0.2) is 0 Å². The number of esters is 1. The summed E-state index contributed by atoms with van der Waals surface area (Å²) in [6, 6.07) is 1.80. The average Bonchev–Trinajstić information content (AvgIpc) is 2.23. The van der Waals surface area contributed by atoms with Crippen molar-refractivity contribution < 1.29 is 19.4 Å². The Hall–Kier alpha value is -1.12. The maximum Gasteiger partial charge on any atom is 0.323 e. The van der Waals surface area contributed by atoms with Crippen molar-refractivity contribution in [2.45, 2.75) is 26.4 Å². The Morgan fingerprint density at radius 3 is 2.60 bits per heavy atom. The number of carbonyl (C=O) groups excluding carboxylic acids is 1. The highest BCUT2D eigenvalue weighted by Crippen LogP contribution is 2.08. The fourth-order valence-electron chi connectivity index (χ4n) is 1.04. The number of rotatable bonds is 7. The summed E-state index contributed by atoms with van der Waals surface area (Å²) in [5.74, 6) is -1.50. The van der Waals surface area contributed by atoms with Crippen LogP contribution in [0.25, 0.3) is 0 Å². The molecule has 0 bridgehead atoms. The van der Waals surface area contributed by atoms with Crippen molar-refractivity contribution in [3.63, 3.8) is 0 Å². The Morgan fingerprint density at radius 1 is 1.47 bits per heavy atom. The number of hydrogen-bond donors (Lipinski definition) is 1. The third-order valence-corrected chi connectivity index (χ3v) is 1.75. The third kappa shape index (κ3) is 6.05. The first kappa shape index (κ1) is 13.9. The molecule has 0 saturated carbocycles. The normalized spacial score (nSPS) is 14.0. The fourth-order valence-corrected chi connectivity index (χ4v) is 1.04. The zero-order valence-corrected chi connectivity index (χ0v) is 9.10. The van der Waals surface area contributed by atoms with Gasteiger partial charge < -0.3 is 14.6 Å². The van der Waals surface area contributed by atoms with Crippen LogP contribution < -0.4 is 0 Å². The number of hydrogen-bond acceptors (Lipinski definition) is 5. The summed E-state index contributed by atoms with van der Waals surface area (Å²) in [5, 5.41) is 18.1. The number of nitriles is 1. The molecule has 5 nitrogen and oxygen atoms in total. The van der Waals surface area contributed by atoms with Crippen molar-refractivity contribution in [3.05, 3.63) is 0 Å². The predicted molar refractivity (Wildman–Crippen MR) is 52.9 cm³/mol. The van der Waals surface area contributed by atoms with E-state index in [-0.39, 0.29) is 19.6 Å². The van der Waals surface area contributed by atoms with E-state index in [1.165, 1.54) is 0 Å². The minimum atomic E-state index is -0.916. The van der Waals surface area contributed by atoms with E-state index in [1.54, 1.807) is 19.9 Å². The molecule has 0 aliphatic rings. The van der Waals surface area contributed by atoms with Crippen LogP contribution in [0, 0.1) is 17.2 Å². The van der Waals surface area contributed by atoms with E-state index < -0.39 is 18.0 Å². The Morgan fingerprint density at radius 2 is 2.13 bits per heavy atom. The number of nitrogens with zero attached hydrogens (tertiary/aromatic N) is 1. The molecule has 0 fully saturated rings. The molecule has 0 amide bonds. The van der Waals surface area contributed by atoms with Crippen LogP contribution in [-0.4, -0.2) is 37.0 Å². The SMILES string of the molecule is CCOCC(O)CC(C#N)C(=O)OCC. The number of carbonyl (C=O) groups is 1. The fraction of sp³-hybridized carbons (Fsp3) is 0.800. The lowest BCUT2D eigenvalue weighted by Crippen LogP contribution is -2.25. The summed E-state index contributed by atoms with van der Waals surface area (Å²) < 4.78 is 9.66. The van der Waals surface area contributed by atoms with Crippen LogP contribution in [-0.2, 0) is 14.3 Å². The summed E-state index contributed by atoms with van der Waals surface area (Å²) in [6.07, 6.45) is -0.756. The monoisotopic (exact) mass is 215 g/mol. The van der Waals surface area contributed by atoms with Crippen molar-refractivity contribution in [3.8, 4) is 6.07 Å². The van der Waals surface area contributed by atoms with Gasteiger partial charge in [0.05, 0.1) is 25.4 Å². The Labute approximate surface area is 89.6 Å². The van der Waals surface area contributed by atoms with E-state index >= 15 is 0 Å². The molecule has 0 spiro atoms. The molecule has 2 unspecified atom stereocenters. The molecule has 2 atom stereocenters. The van der Waals surface area contributed by atoms with Crippen LogP contribution in [0.5, 0.6) is 0 Å². The first-order valence-electron chi connectivity index (χ1n) is 4.97. The molecule has 1 N–H and O–H groups in total. The van der Waals surface area contributed by atoms with Gasteiger partial charge in [0.15, 0.2) is 0 Å². The molecule has 0 rings (SSSR count).